The molecule has 0 aliphatic heterocycles. The van der Waals surface area contributed by atoms with Gasteiger partial charge in [0.2, 0.25) is 0 Å². The van der Waals surface area contributed by atoms with Gasteiger partial charge in [-0.2, -0.15) is 0 Å². The van der Waals surface area contributed by atoms with Gasteiger partial charge in [-0.05, 0) is 12.1 Å². The van der Waals surface area contributed by atoms with E-state index in [9.17, 15) is 0 Å². The van der Waals surface area contributed by atoms with Crippen molar-refractivity contribution in [2.24, 2.45) is 0 Å². The molecule has 0 saturated carbocycles. The number of nitrogens with zero attached hydrogens (tertiary/aromatic N) is 1. The predicted molar refractivity (Wildman–Crippen MR) is 32.9 cm³/mol. The van der Waals surface area contributed by atoms with Gasteiger partial charge < -0.3 is 9.38 Å². The number of nitrogens with one attached hydrogen (secondary N) is 1. The Morgan fingerprint density at radius 2 is 2.50 bits per heavy atom. The fourth-order valence-electron chi connectivity index (χ4n) is 0.849. The lowest BCUT2D eigenvalue weighted by Gasteiger charge is -1.74. The average Bonchev–Trinajstić information content (AvgIpc) is 2.15. The summed E-state index contributed by atoms with van der Waals surface area (Å²) >= 11 is 0. The van der Waals surface area contributed by atoms with Gasteiger partial charge in [0, 0.05) is 18.6 Å². The van der Waals surface area contributed by atoms with Crippen LogP contribution in [0.5, 0.6) is 0 Å². The van der Waals surface area contributed by atoms with Crippen LogP contribution in [0.1, 0.15) is 1.43 Å². The Morgan fingerprint density at radius 1 is 1.50 bits per heavy atom. The first-order valence-electron chi connectivity index (χ1n) is 2.57. The maximum atomic E-state index is 3.06. The zero-order valence-corrected chi connectivity index (χ0v) is 4.33. The van der Waals surface area contributed by atoms with Gasteiger partial charge in [-0.1, -0.05) is 0 Å². The molecule has 1 N–H and O–H groups in total. The van der Waals surface area contributed by atoms with Crippen LogP contribution < -0.4 is 0 Å². The van der Waals surface area contributed by atoms with E-state index < -0.39 is 0 Å². The van der Waals surface area contributed by atoms with Crippen LogP contribution in [-0.4, -0.2) is 9.38 Å². The van der Waals surface area contributed by atoms with Gasteiger partial charge in [0.05, 0.1) is 0 Å². The van der Waals surface area contributed by atoms with Crippen molar-refractivity contribution in [1.82, 2.24) is 9.38 Å². The maximum absolute atomic E-state index is 3.06. The smallest absolute Gasteiger partial charge is 0.346 e. The van der Waals surface area contributed by atoms with E-state index in [2.05, 4.69) is 4.98 Å². The van der Waals surface area contributed by atoms with E-state index in [1.54, 1.807) is 0 Å². The van der Waals surface area contributed by atoms with E-state index in [1.165, 1.54) is 0 Å². The van der Waals surface area contributed by atoms with Gasteiger partial charge in [-0.3, -0.25) is 0 Å². The number of hydrogen-bond acceptors (Lipinski definition) is 0. The van der Waals surface area contributed by atoms with Crippen LogP contribution in [0.2, 0.25) is 0 Å². The fourth-order valence-corrected chi connectivity index (χ4v) is 0.849. The Hall–Kier alpha value is -1.18. The number of aromatic nitrogens is 2. The first-order chi connectivity index (χ1) is 3.97. The van der Waals surface area contributed by atoms with Crippen LogP contribution in [0.25, 0.3) is 5.65 Å². The van der Waals surface area contributed by atoms with E-state index in [4.69, 9.17) is 0 Å². The molecule has 0 aromatic carbocycles. The molecule has 0 saturated heterocycles. The van der Waals surface area contributed by atoms with Gasteiger partial charge in [0.25, 0.3) is 0 Å². The number of rotatable bonds is 0. The molecule has 0 unspecified atom stereocenters. The molecule has 0 bridgehead atoms. The van der Waals surface area contributed by atoms with Gasteiger partial charge in [-0.15, -0.1) is 0 Å². The molecular formula is C6H7N2+. The Bertz CT molecular complexity index is 232. The largest absolute Gasteiger partial charge is 1.00 e. The van der Waals surface area contributed by atoms with Crippen LogP contribution >= 0.6 is 0 Å². The summed E-state index contributed by atoms with van der Waals surface area (Å²) in [6.45, 7) is 0. The third-order valence-corrected chi connectivity index (χ3v) is 1.25. The van der Waals surface area contributed by atoms with E-state index in [1.807, 2.05) is 35.1 Å². The molecular weight excluding hydrogens is 100 g/mol. The van der Waals surface area contributed by atoms with Crippen LogP contribution in [0.4, 0.5) is 0 Å². The SMILES string of the molecule is [H+].c1cc2[nH]ccn2c1. The average molecular weight is 107 g/mol. The first kappa shape index (κ1) is 3.78. The summed E-state index contributed by atoms with van der Waals surface area (Å²) in [5, 5.41) is 0. The molecule has 2 rings (SSSR count). The molecule has 0 atom stereocenters. The normalized spacial score (nSPS) is 10.5. The molecule has 2 aromatic heterocycles. The van der Waals surface area contributed by atoms with Crippen molar-refractivity contribution in [3.63, 3.8) is 0 Å². The monoisotopic (exact) mass is 107 g/mol. The zero-order chi connectivity index (χ0) is 5.40. The molecule has 0 aliphatic carbocycles. The Kier molecular flexibility index (Phi) is 0.545. The Morgan fingerprint density at radius 3 is 3.38 bits per heavy atom. The van der Waals surface area contributed by atoms with Crippen LogP contribution in [0.15, 0.2) is 30.7 Å². The van der Waals surface area contributed by atoms with Crippen molar-refractivity contribution in [1.29, 1.82) is 0 Å². The van der Waals surface area contributed by atoms with Crippen LogP contribution in [0, 0.1) is 0 Å². The van der Waals surface area contributed by atoms with Crippen molar-refractivity contribution in [3.8, 4) is 0 Å². The highest BCUT2D eigenvalue weighted by atomic mass is 15.0. The van der Waals surface area contributed by atoms with Gasteiger partial charge >= 0.3 is 1.43 Å². The summed E-state index contributed by atoms with van der Waals surface area (Å²) in [6.07, 6.45) is 5.90. The lowest BCUT2D eigenvalue weighted by Crippen LogP contribution is -1.67. The quantitative estimate of drug-likeness (QED) is 0.525. The molecule has 0 amide bonds. The topological polar surface area (TPSA) is 20.2 Å². The minimum absolute atomic E-state index is 0. The summed E-state index contributed by atoms with van der Waals surface area (Å²) in [6, 6.07) is 4.03. The van der Waals surface area contributed by atoms with E-state index >= 15 is 0 Å². The minimum Gasteiger partial charge on any atom is -0.346 e. The summed E-state index contributed by atoms with van der Waals surface area (Å²) < 4.78 is 2.03. The molecule has 0 fully saturated rings. The molecule has 0 spiro atoms. The van der Waals surface area contributed by atoms with Crippen molar-refractivity contribution in [2.45, 2.75) is 0 Å². The second-order valence-electron chi connectivity index (χ2n) is 1.76. The predicted octanol–water partition coefficient (Wildman–Crippen LogP) is 1.38. The number of fused-ring (bicyclic) bond motifs is 1. The van der Waals surface area contributed by atoms with Crippen molar-refractivity contribution >= 4 is 5.65 Å². The third-order valence-electron chi connectivity index (χ3n) is 1.25. The van der Waals surface area contributed by atoms with Gasteiger partial charge in [-0.25, -0.2) is 0 Å². The first-order valence-corrected chi connectivity index (χ1v) is 2.57. The van der Waals surface area contributed by atoms with Crippen LogP contribution in [-0.2, 0) is 0 Å². The van der Waals surface area contributed by atoms with Gasteiger partial charge in [0.1, 0.15) is 5.65 Å². The van der Waals surface area contributed by atoms with Crippen molar-refractivity contribution in [3.05, 3.63) is 30.7 Å². The summed E-state index contributed by atoms with van der Waals surface area (Å²) in [5.41, 5.74) is 1.14. The number of aromatic amines is 1. The highest BCUT2D eigenvalue weighted by Gasteiger charge is 1.85. The third kappa shape index (κ3) is 0.320. The van der Waals surface area contributed by atoms with Crippen LogP contribution in [0.3, 0.4) is 0 Å². The molecule has 8 heavy (non-hydrogen) atoms. The highest BCUT2D eigenvalue weighted by molar-refractivity contribution is 5.38. The second-order valence-corrected chi connectivity index (χ2v) is 1.76. The van der Waals surface area contributed by atoms with E-state index in [-0.39, 0.29) is 1.43 Å². The standard InChI is InChI=1S/C6H6N2/c1-2-6-7-3-5-8(6)4-1/h1-5,7H/p+1. The summed E-state index contributed by atoms with van der Waals surface area (Å²) in [5.74, 6) is 0. The molecule has 2 heteroatoms. The minimum atomic E-state index is 0. The zero-order valence-electron chi connectivity index (χ0n) is 5.33. The number of hydrogen-bond donors (Lipinski definition) is 1. The van der Waals surface area contributed by atoms with Gasteiger partial charge in [0.15, 0.2) is 0 Å². The van der Waals surface area contributed by atoms with E-state index in [0.29, 0.717) is 0 Å². The Labute approximate surface area is 48.2 Å². The highest BCUT2D eigenvalue weighted by Crippen LogP contribution is 1.97. The summed E-state index contributed by atoms with van der Waals surface area (Å²) in [4.78, 5) is 3.06. The van der Waals surface area contributed by atoms with E-state index in [0.717, 1.165) is 5.65 Å². The van der Waals surface area contributed by atoms with Crippen molar-refractivity contribution in [2.75, 3.05) is 0 Å². The molecule has 0 radical (unpaired) electrons. The molecule has 2 heterocycles. The lowest BCUT2D eigenvalue weighted by atomic mass is 10.6. The number of imidazole rings is 1. The summed E-state index contributed by atoms with van der Waals surface area (Å²) in [7, 11) is 0. The maximum Gasteiger partial charge on any atom is 1.00 e. The van der Waals surface area contributed by atoms with Crippen molar-refractivity contribution < 1.29 is 1.43 Å². The number of H-pyrrole nitrogens is 1. The fraction of sp³-hybridized carbons (Fsp3) is 0. The molecule has 0 aliphatic rings. The Balaban J connectivity index is 0.000000405. The molecule has 2 nitrogen and oxygen atoms in total. The molecule has 40 valence electrons. The second kappa shape index (κ2) is 1.15. The lowest BCUT2D eigenvalue weighted by molar-refractivity contribution is 1.23. The molecule has 2 aromatic rings.